The van der Waals surface area contributed by atoms with Crippen LogP contribution in [0.2, 0.25) is 5.15 Å². The predicted molar refractivity (Wildman–Crippen MR) is 67.8 cm³/mol. The van der Waals surface area contributed by atoms with Crippen LogP contribution in [0.25, 0.3) is 22.2 Å². The summed E-state index contributed by atoms with van der Waals surface area (Å²) in [6.07, 6.45) is 5.23. The van der Waals surface area contributed by atoms with E-state index in [0.29, 0.717) is 11.0 Å². The molecule has 17 heavy (non-hydrogen) atoms. The van der Waals surface area contributed by atoms with Gasteiger partial charge in [0.25, 0.3) is 0 Å². The molecule has 3 aromatic rings. The summed E-state index contributed by atoms with van der Waals surface area (Å²) in [6, 6.07) is 9.65. The van der Waals surface area contributed by atoms with Crippen molar-refractivity contribution in [3.05, 3.63) is 54.1 Å². The number of benzene rings is 1. The lowest BCUT2D eigenvalue weighted by molar-refractivity contribution is 1.17. The van der Waals surface area contributed by atoms with Gasteiger partial charge in [-0.15, -0.1) is 0 Å². The van der Waals surface area contributed by atoms with E-state index in [1.807, 2.05) is 30.5 Å². The first-order valence-corrected chi connectivity index (χ1v) is 5.54. The summed E-state index contributed by atoms with van der Waals surface area (Å²) in [4.78, 5) is 12.6. The van der Waals surface area contributed by atoms with Gasteiger partial charge in [0.1, 0.15) is 5.15 Å². The fourth-order valence-electron chi connectivity index (χ4n) is 1.76. The molecule has 0 fully saturated rings. The maximum Gasteiger partial charge on any atom is 0.163 e. The topological polar surface area (TPSA) is 38.7 Å². The third kappa shape index (κ3) is 1.85. The molecular formula is C13H8ClN3. The van der Waals surface area contributed by atoms with E-state index in [-0.39, 0.29) is 0 Å². The zero-order valence-electron chi connectivity index (χ0n) is 8.84. The molecule has 0 aliphatic rings. The number of pyridine rings is 1. The van der Waals surface area contributed by atoms with Crippen LogP contribution in [-0.4, -0.2) is 15.0 Å². The van der Waals surface area contributed by atoms with Crippen molar-refractivity contribution in [1.82, 2.24) is 15.0 Å². The molecule has 0 unspecified atom stereocenters. The van der Waals surface area contributed by atoms with Crippen molar-refractivity contribution < 1.29 is 0 Å². The molecular weight excluding hydrogens is 234 g/mol. The Morgan fingerprint density at radius 3 is 2.76 bits per heavy atom. The second kappa shape index (κ2) is 4.11. The third-order valence-electron chi connectivity index (χ3n) is 2.53. The van der Waals surface area contributed by atoms with Gasteiger partial charge in [-0.3, -0.25) is 4.98 Å². The van der Waals surface area contributed by atoms with Gasteiger partial charge in [0.15, 0.2) is 5.82 Å². The Kier molecular flexibility index (Phi) is 2.46. The lowest BCUT2D eigenvalue weighted by Gasteiger charge is -2.04. The molecule has 0 saturated heterocycles. The van der Waals surface area contributed by atoms with Crippen molar-refractivity contribution in [2.45, 2.75) is 0 Å². The van der Waals surface area contributed by atoms with E-state index in [0.717, 1.165) is 16.3 Å². The highest BCUT2D eigenvalue weighted by Crippen LogP contribution is 2.25. The lowest BCUT2D eigenvalue weighted by atomic mass is 10.1. The number of rotatable bonds is 1. The first-order chi connectivity index (χ1) is 8.34. The monoisotopic (exact) mass is 241 g/mol. The smallest absolute Gasteiger partial charge is 0.163 e. The molecule has 1 aromatic carbocycles. The van der Waals surface area contributed by atoms with E-state index in [2.05, 4.69) is 15.0 Å². The molecule has 0 aliphatic carbocycles. The highest BCUT2D eigenvalue weighted by molar-refractivity contribution is 6.29. The summed E-state index contributed by atoms with van der Waals surface area (Å²) in [6.45, 7) is 0. The second-order valence-electron chi connectivity index (χ2n) is 3.61. The molecule has 0 saturated carbocycles. The van der Waals surface area contributed by atoms with Crippen molar-refractivity contribution >= 4 is 22.4 Å². The van der Waals surface area contributed by atoms with Gasteiger partial charge in [0, 0.05) is 29.5 Å². The molecule has 3 rings (SSSR count). The van der Waals surface area contributed by atoms with Crippen LogP contribution in [-0.2, 0) is 0 Å². The molecule has 0 N–H and O–H groups in total. The molecule has 0 atom stereocenters. The molecule has 4 heteroatoms. The zero-order chi connectivity index (χ0) is 11.7. The Morgan fingerprint density at radius 1 is 1.00 bits per heavy atom. The van der Waals surface area contributed by atoms with Gasteiger partial charge in [-0.2, -0.15) is 0 Å². The summed E-state index contributed by atoms with van der Waals surface area (Å²) >= 11 is 5.87. The Hall–Kier alpha value is -2.00. The minimum Gasteiger partial charge on any atom is -0.263 e. The summed E-state index contributed by atoms with van der Waals surface area (Å²) in [5.74, 6) is 0.599. The van der Waals surface area contributed by atoms with Crippen molar-refractivity contribution in [2.24, 2.45) is 0 Å². The summed E-state index contributed by atoms with van der Waals surface area (Å²) in [5, 5.41) is 2.57. The SMILES string of the molecule is Clc1ccnc(-c2cncc3ccccc23)n1. The Labute approximate surface area is 103 Å². The Balaban J connectivity index is 2.30. The molecule has 3 nitrogen and oxygen atoms in total. The van der Waals surface area contributed by atoms with Gasteiger partial charge < -0.3 is 0 Å². The van der Waals surface area contributed by atoms with Crippen molar-refractivity contribution in [2.75, 3.05) is 0 Å². The molecule has 82 valence electrons. The first kappa shape index (κ1) is 10.2. The van der Waals surface area contributed by atoms with E-state index in [1.54, 1.807) is 18.5 Å². The number of halogens is 1. The maximum absolute atomic E-state index is 5.87. The van der Waals surface area contributed by atoms with Crippen LogP contribution in [0.1, 0.15) is 0 Å². The zero-order valence-corrected chi connectivity index (χ0v) is 9.59. The summed E-state index contributed by atoms with van der Waals surface area (Å²) in [7, 11) is 0. The van der Waals surface area contributed by atoms with E-state index in [9.17, 15) is 0 Å². The highest BCUT2D eigenvalue weighted by Gasteiger charge is 2.06. The van der Waals surface area contributed by atoms with Crippen LogP contribution >= 0.6 is 11.6 Å². The average Bonchev–Trinajstić information content (AvgIpc) is 2.38. The number of fused-ring (bicyclic) bond motifs is 1. The fourth-order valence-corrected chi connectivity index (χ4v) is 1.90. The van der Waals surface area contributed by atoms with Crippen LogP contribution in [0.3, 0.4) is 0 Å². The normalized spacial score (nSPS) is 10.6. The van der Waals surface area contributed by atoms with Crippen molar-refractivity contribution in [1.29, 1.82) is 0 Å². The van der Waals surface area contributed by atoms with Gasteiger partial charge in [-0.25, -0.2) is 9.97 Å². The van der Waals surface area contributed by atoms with Gasteiger partial charge in [-0.1, -0.05) is 35.9 Å². The number of hydrogen-bond donors (Lipinski definition) is 0. The predicted octanol–water partition coefficient (Wildman–Crippen LogP) is 3.35. The molecule has 0 spiro atoms. The van der Waals surface area contributed by atoms with E-state index >= 15 is 0 Å². The van der Waals surface area contributed by atoms with Crippen LogP contribution < -0.4 is 0 Å². The Morgan fingerprint density at radius 2 is 1.88 bits per heavy atom. The molecule has 0 aliphatic heterocycles. The molecule has 0 radical (unpaired) electrons. The van der Waals surface area contributed by atoms with E-state index < -0.39 is 0 Å². The summed E-state index contributed by atoms with van der Waals surface area (Å²) in [5.41, 5.74) is 0.894. The Bertz CT molecular complexity index is 677. The van der Waals surface area contributed by atoms with E-state index in [1.165, 1.54) is 0 Å². The lowest BCUT2D eigenvalue weighted by Crippen LogP contribution is -1.90. The van der Waals surface area contributed by atoms with Crippen molar-refractivity contribution in [3.63, 3.8) is 0 Å². The number of nitrogens with zero attached hydrogens (tertiary/aromatic N) is 3. The molecule has 0 amide bonds. The summed E-state index contributed by atoms with van der Waals surface area (Å²) < 4.78 is 0. The second-order valence-corrected chi connectivity index (χ2v) is 4.00. The minimum absolute atomic E-state index is 0.433. The van der Waals surface area contributed by atoms with Gasteiger partial charge in [-0.05, 0) is 11.5 Å². The first-order valence-electron chi connectivity index (χ1n) is 5.16. The quantitative estimate of drug-likeness (QED) is 0.614. The largest absolute Gasteiger partial charge is 0.263 e. The van der Waals surface area contributed by atoms with Crippen molar-refractivity contribution in [3.8, 4) is 11.4 Å². The van der Waals surface area contributed by atoms with Gasteiger partial charge in [0.2, 0.25) is 0 Å². The average molecular weight is 242 g/mol. The highest BCUT2D eigenvalue weighted by atomic mass is 35.5. The van der Waals surface area contributed by atoms with Crippen LogP contribution in [0, 0.1) is 0 Å². The van der Waals surface area contributed by atoms with E-state index in [4.69, 9.17) is 11.6 Å². The van der Waals surface area contributed by atoms with Gasteiger partial charge in [0.05, 0.1) is 0 Å². The molecule has 0 bridgehead atoms. The third-order valence-corrected chi connectivity index (χ3v) is 2.74. The number of hydrogen-bond acceptors (Lipinski definition) is 3. The van der Waals surface area contributed by atoms with Crippen LogP contribution in [0.15, 0.2) is 48.9 Å². The van der Waals surface area contributed by atoms with Gasteiger partial charge >= 0.3 is 0 Å². The number of aromatic nitrogens is 3. The molecule has 2 aromatic heterocycles. The molecule has 2 heterocycles. The van der Waals surface area contributed by atoms with Crippen LogP contribution in [0.4, 0.5) is 0 Å². The standard InChI is InChI=1S/C13H8ClN3/c14-12-5-6-16-13(17-12)11-8-15-7-9-3-1-2-4-10(9)11/h1-8H. The minimum atomic E-state index is 0.433. The maximum atomic E-state index is 5.87. The fraction of sp³-hybridized carbons (Fsp3) is 0. The van der Waals surface area contributed by atoms with Crippen LogP contribution in [0.5, 0.6) is 0 Å².